The minimum atomic E-state index is -0.406. The molecule has 0 aliphatic rings. The summed E-state index contributed by atoms with van der Waals surface area (Å²) in [6.45, 7) is 4.25. The summed E-state index contributed by atoms with van der Waals surface area (Å²) >= 11 is 0. The van der Waals surface area contributed by atoms with Crippen LogP contribution in [0.3, 0.4) is 0 Å². The topological polar surface area (TPSA) is 74.2 Å². The molecule has 0 N–H and O–H groups in total. The zero-order valence-corrected chi connectivity index (χ0v) is 15.8. The number of aliphatic imine (C=N–C) groups is 1. The lowest BCUT2D eigenvalue weighted by Gasteiger charge is -2.06. The number of ether oxygens (including phenoxy) is 3. The van der Waals surface area contributed by atoms with Gasteiger partial charge in [-0.1, -0.05) is 18.7 Å². The minimum absolute atomic E-state index is 0.364. The Balaban J connectivity index is 1.76. The van der Waals surface area contributed by atoms with Crippen LogP contribution in [0.4, 0.5) is 5.69 Å². The van der Waals surface area contributed by atoms with E-state index in [0.717, 1.165) is 35.9 Å². The Bertz CT molecular complexity index is 810. The number of carbonyl (C=O) groups excluding carboxylic acids is 2. The van der Waals surface area contributed by atoms with E-state index in [9.17, 15) is 9.59 Å². The lowest BCUT2D eigenvalue weighted by atomic mass is 10.1. The predicted molar refractivity (Wildman–Crippen MR) is 107 cm³/mol. The molecule has 2 aromatic rings. The number of rotatable bonds is 10. The Hall–Kier alpha value is -3.41. The first-order valence-electron chi connectivity index (χ1n) is 8.87. The molecule has 0 aromatic heterocycles. The first-order valence-corrected chi connectivity index (χ1v) is 8.87. The molecule has 6 nitrogen and oxygen atoms in total. The maximum absolute atomic E-state index is 11.4. The molecular weight excluding hydrogens is 358 g/mol. The highest BCUT2D eigenvalue weighted by Crippen LogP contribution is 2.18. The molecule has 0 saturated carbocycles. The van der Waals surface area contributed by atoms with Gasteiger partial charge in [-0.25, -0.2) is 9.59 Å². The van der Waals surface area contributed by atoms with Gasteiger partial charge in [0.1, 0.15) is 5.75 Å². The van der Waals surface area contributed by atoms with E-state index < -0.39 is 5.97 Å². The highest BCUT2D eigenvalue weighted by molar-refractivity contribution is 5.91. The molecule has 0 heterocycles. The van der Waals surface area contributed by atoms with Crippen LogP contribution in [-0.2, 0) is 14.3 Å². The summed E-state index contributed by atoms with van der Waals surface area (Å²) in [6, 6.07) is 14.4. The standard InChI is InChI=1S/C22H23NO5/c1-3-21(24)28-15-5-4-14-27-20-12-10-19(11-13-20)23-16-17-6-8-18(9-7-17)22(25)26-2/h3,6-13,16H,1,4-5,14-15H2,2H3. The van der Waals surface area contributed by atoms with Gasteiger partial charge in [0.2, 0.25) is 0 Å². The maximum Gasteiger partial charge on any atom is 0.337 e. The Morgan fingerprint density at radius 1 is 1.00 bits per heavy atom. The number of hydrogen-bond acceptors (Lipinski definition) is 6. The summed E-state index contributed by atoms with van der Waals surface area (Å²) in [5.74, 6) is -0.0159. The fraction of sp³-hybridized carbons (Fsp3) is 0.227. The van der Waals surface area contributed by atoms with Crippen LogP contribution >= 0.6 is 0 Å². The second kappa shape index (κ2) is 11.3. The van der Waals surface area contributed by atoms with Gasteiger partial charge >= 0.3 is 11.9 Å². The largest absolute Gasteiger partial charge is 0.494 e. The van der Waals surface area contributed by atoms with Crippen LogP contribution in [0.1, 0.15) is 28.8 Å². The number of benzene rings is 2. The van der Waals surface area contributed by atoms with Crippen molar-refractivity contribution in [3.63, 3.8) is 0 Å². The molecule has 6 heteroatoms. The van der Waals surface area contributed by atoms with Gasteiger partial charge in [-0.05, 0) is 54.8 Å². The van der Waals surface area contributed by atoms with Crippen molar-refractivity contribution >= 4 is 23.8 Å². The molecule has 0 fully saturated rings. The maximum atomic E-state index is 11.4. The van der Waals surface area contributed by atoms with Crippen LogP contribution in [0.25, 0.3) is 0 Å². The van der Waals surface area contributed by atoms with Crippen molar-refractivity contribution in [1.82, 2.24) is 0 Å². The fourth-order valence-electron chi connectivity index (χ4n) is 2.23. The third kappa shape index (κ3) is 7.07. The molecule has 28 heavy (non-hydrogen) atoms. The molecule has 2 aromatic carbocycles. The summed E-state index contributed by atoms with van der Waals surface area (Å²) in [4.78, 5) is 26.7. The van der Waals surface area contributed by atoms with Crippen molar-refractivity contribution in [2.75, 3.05) is 20.3 Å². The third-order valence-electron chi connectivity index (χ3n) is 3.75. The molecule has 0 spiro atoms. The lowest BCUT2D eigenvalue weighted by molar-refractivity contribution is -0.137. The van der Waals surface area contributed by atoms with Crippen LogP contribution in [0.2, 0.25) is 0 Å². The summed E-state index contributed by atoms with van der Waals surface area (Å²) in [5, 5.41) is 0. The van der Waals surface area contributed by atoms with Crippen molar-refractivity contribution in [2.45, 2.75) is 12.8 Å². The molecule has 0 radical (unpaired) electrons. The molecule has 2 rings (SSSR count). The Morgan fingerprint density at radius 3 is 2.32 bits per heavy atom. The van der Waals surface area contributed by atoms with Gasteiger partial charge in [0, 0.05) is 12.3 Å². The molecular formula is C22H23NO5. The Labute approximate surface area is 164 Å². The smallest absolute Gasteiger partial charge is 0.337 e. The first-order chi connectivity index (χ1) is 13.6. The van der Waals surface area contributed by atoms with Crippen LogP contribution in [0.15, 0.2) is 66.2 Å². The monoisotopic (exact) mass is 381 g/mol. The van der Waals surface area contributed by atoms with E-state index >= 15 is 0 Å². The van der Waals surface area contributed by atoms with E-state index in [-0.39, 0.29) is 5.97 Å². The van der Waals surface area contributed by atoms with Gasteiger partial charge in [-0.3, -0.25) is 4.99 Å². The fourth-order valence-corrected chi connectivity index (χ4v) is 2.23. The number of nitrogens with zero attached hydrogens (tertiary/aromatic N) is 1. The highest BCUT2D eigenvalue weighted by atomic mass is 16.5. The van der Waals surface area contributed by atoms with Gasteiger partial charge in [0.15, 0.2) is 0 Å². The molecule has 0 aliphatic heterocycles. The van der Waals surface area contributed by atoms with E-state index in [2.05, 4.69) is 16.3 Å². The highest BCUT2D eigenvalue weighted by Gasteiger charge is 2.03. The van der Waals surface area contributed by atoms with Gasteiger partial charge in [-0.2, -0.15) is 0 Å². The SMILES string of the molecule is C=CC(=O)OCCCCOc1ccc(N=Cc2ccc(C(=O)OC)cc2)cc1. The van der Waals surface area contributed by atoms with E-state index in [1.165, 1.54) is 7.11 Å². The average Bonchev–Trinajstić information content (AvgIpc) is 2.75. The normalized spacial score (nSPS) is 10.5. The molecule has 0 saturated heterocycles. The number of unbranched alkanes of at least 4 members (excludes halogenated alkanes) is 1. The molecule has 0 atom stereocenters. The van der Waals surface area contributed by atoms with E-state index in [1.54, 1.807) is 30.5 Å². The van der Waals surface area contributed by atoms with Crippen molar-refractivity contribution in [1.29, 1.82) is 0 Å². The zero-order valence-electron chi connectivity index (χ0n) is 15.8. The van der Waals surface area contributed by atoms with Gasteiger partial charge in [0.25, 0.3) is 0 Å². The quantitative estimate of drug-likeness (QED) is 0.268. The summed E-state index contributed by atoms with van der Waals surface area (Å²) < 4.78 is 15.2. The number of esters is 2. The Morgan fingerprint density at radius 2 is 1.68 bits per heavy atom. The molecule has 0 bridgehead atoms. The first kappa shape index (κ1) is 20.9. The Kier molecular flexibility index (Phi) is 8.46. The van der Waals surface area contributed by atoms with Crippen LogP contribution in [0.5, 0.6) is 5.75 Å². The lowest BCUT2D eigenvalue weighted by Crippen LogP contribution is -2.04. The van der Waals surface area contributed by atoms with Crippen molar-refractivity contribution in [3.05, 3.63) is 72.3 Å². The van der Waals surface area contributed by atoms with Gasteiger partial charge < -0.3 is 14.2 Å². The summed E-state index contributed by atoms with van der Waals surface area (Å²) in [7, 11) is 1.35. The van der Waals surface area contributed by atoms with Gasteiger partial charge in [0.05, 0.1) is 31.6 Å². The summed E-state index contributed by atoms with van der Waals surface area (Å²) in [5.41, 5.74) is 2.17. The molecule has 0 amide bonds. The molecule has 0 unspecified atom stereocenters. The zero-order chi connectivity index (χ0) is 20.2. The van der Waals surface area contributed by atoms with Crippen LogP contribution in [0, 0.1) is 0 Å². The number of carbonyl (C=O) groups is 2. The average molecular weight is 381 g/mol. The minimum Gasteiger partial charge on any atom is -0.494 e. The third-order valence-corrected chi connectivity index (χ3v) is 3.75. The second-order valence-electron chi connectivity index (χ2n) is 5.79. The van der Waals surface area contributed by atoms with Crippen molar-refractivity contribution in [3.8, 4) is 5.75 Å². The van der Waals surface area contributed by atoms with E-state index in [4.69, 9.17) is 9.47 Å². The number of hydrogen-bond donors (Lipinski definition) is 0. The predicted octanol–water partition coefficient (Wildman–Crippen LogP) is 4.11. The summed E-state index contributed by atoms with van der Waals surface area (Å²) in [6.07, 6.45) is 4.39. The van der Waals surface area contributed by atoms with Crippen molar-refractivity contribution < 1.29 is 23.8 Å². The van der Waals surface area contributed by atoms with E-state index in [0.29, 0.717) is 18.8 Å². The van der Waals surface area contributed by atoms with Crippen LogP contribution in [-0.4, -0.2) is 38.5 Å². The number of methoxy groups -OCH3 is 1. The molecule has 0 aliphatic carbocycles. The van der Waals surface area contributed by atoms with E-state index in [1.807, 2.05) is 24.3 Å². The molecule has 146 valence electrons. The second-order valence-corrected chi connectivity index (χ2v) is 5.79. The van der Waals surface area contributed by atoms with Gasteiger partial charge in [-0.15, -0.1) is 0 Å². The van der Waals surface area contributed by atoms with Crippen LogP contribution < -0.4 is 4.74 Å². The van der Waals surface area contributed by atoms with Crippen molar-refractivity contribution in [2.24, 2.45) is 4.99 Å².